The summed E-state index contributed by atoms with van der Waals surface area (Å²) in [5, 5.41) is 15.1. The van der Waals surface area contributed by atoms with Gasteiger partial charge in [-0.25, -0.2) is 4.98 Å². The maximum Gasteiger partial charge on any atom is 0.138 e. The SMILES string of the molecule is Cn1ncnc1CC(O)c1cc(Cl)ccc1Cl. The fourth-order valence-electron chi connectivity index (χ4n) is 1.56. The second-order valence-electron chi connectivity index (χ2n) is 3.69. The van der Waals surface area contributed by atoms with Crippen LogP contribution in [0.1, 0.15) is 17.5 Å². The predicted octanol–water partition coefficient (Wildman–Crippen LogP) is 2.40. The molecule has 0 saturated carbocycles. The highest BCUT2D eigenvalue weighted by Gasteiger charge is 2.15. The van der Waals surface area contributed by atoms with Crippen molar-refractivity contribution >= 4 is 23.2 Å². The van der Waals surface area contributed by atoms with Crippen molar-refractivity contribution in [3.05, 3.63) is 46.0 Å². The number of hydrogen-bond acceptors (Lipinski definition) is 3. The van der Waals surface area contributed by atoms with Gasteiger partial charge in [-0.1, -0.05) is 23.2 Å². The molecule has 0 saturated heterocycles. The molecule has 90 valence electrons. The minimum absolute atomic E-state index is 0.344. The van der Waals surface area contributed by atoms with E-state index in [1.807, 2.05) is 0 Å². The van der Waals surface area contributed by atoms with Crippen LogP contribution in [0.2, 0.25) is 10.0 Å². The average Bonchev–Trinajstić information content (AvgIpc) is 2.68. The molecule has 4 nitrogen and oxygen atoms in total. The van der Waals surface area contributed by atoms with E-state index in [4.69, 9.17) is 23.2 Å². The number of aliphatic hydroxyl groups excluding tert-OH is 1. The molecule has 2 rings (SSSR count). The van der Waals surface area contributed by atoms with E-state index in [9.17, 15) is 5.11 Å². The first-order valence-corrected chi connectivity index (χ1v) is 5.79. The second kappa shape index (κ2) is 5.04. The summed E-state index contributed by atoms with van der Waals surface area (Å²) in [6.45, 7) is 0. The number of hydrogen-bond donors (Lipinski definition) is 1. The van der Waals surface area contributed by atoms with Crippen LogP contribution in [0.4, 0.5) is 0 Å². The number of aromatic nitrogens is 3. The fraction of sp³-hybridized carbons (Fsp3) is 0.273. The zero-order chi connectivity index (χ0) is 12.4. The molecule has 1 aromatic heterocycles. The third-order valence-electron chi connectivity index (χ3n) is 2.50. The normalized spacial score (nSPS) is 12.7. The van der Waals surface area contributed by atoms with Crippen LogP contribution in [-0.2, 0) is 13.5 Å². The molecule has 1 heterocycles. The molecule has 0 bridgehead atoms. The van der Waals surface area contributed by atoms with Crippen molar-refractivity contribution in [2.45, 2.75) is 12.5 Å². The van der Waals surface area contributed by atoms with Crippen LogP contribution >= 0.6 is 23.2 Å². The van der Waals surface area contributed by atoms with Gasteiger partial charge in [0.1, 0.15) is 12.2 Å². The molecule has 0 aliphatic rings. The van der Waals surface area contributed by atoms with Crippen LogP contribution in [0.25, 0.3) is 0 Å². The summed E-state index contributed by atoms with van der Waals surface area (Å²) >= 11 is 11.9. The highest BCUT2D eigenvalue weighted by Crippen LogP contribution is 2.27. The molecule has 0 aliphatic heterocycles. The van der Waals surface area contributed by atoms with Gasteiger partial charge in [-0.05, 0) is 18.2 Å². The summed E-state index contributed by atoms with van der Waals surface area (Å²) in [5.74, 6) is 0.688. The van der Waals surface area contributed by atoms with E-state index in [1.165, 1.54) is 6.33 Å². The molecular formula is C11H11Cl2N3O. The van der Waals surface area contributed by atoms with Gasteiger partial charge in [-0.3, -0.25) is 4.68 Å². The molecule has 0 aliphatic carbocycles. The molecule has 6 heteroatoms. The molecular weight excluding hydrogens is 261 g/mol. The van der Waals surface area contributed by atoms with Crippen LogP contribution in [0, 0.1) is 0 Å². The van der Waals surface area contributed by atoms with Gasteiger partial charge in [-0.2, -0.15) is 5.10 Å². The quantitative estimate of drug-likeness (QED) is 0.933. The highest BCUT2D eigenvalue weighted by atomic mass is 35.5. The predicted molar refractivity (Wildman–Crippen MR) is 66.1 cm³/mol. The molecule has 1 N–H and O–H groups in total. The fourth-order valence-corrected chi connectivity index (χ4v) is 1.98. The number of aryl methyl sites for hydroxylation is 1. The largest absolute Gasteiger partial charge is 0.388 e. The Hall–Kier alpha value is -1.10. The Kier molecular flexibility index (Phi) is 3.66. The number of nitrogens with zero attached hydrogens (tertiary/aromatic N) is 3. The Morgan fingerprint density at radius 3 is 2.82 bits per heavy atom. The molecule has 0 spiro atoms. The van der Waals surface area contributed by atoms with Crippen LogP contribution < -0.4 is 0 Å². The monoisotopic (exact) mass is 271 g/mol. The van der Waals surface area contributed by atoms with Gasteiger partial charge in [0.15, 0.2) is 0 Å². The minimum atomic E-state index is -0.746. The molecule has 0 amide bonds. The van der Waals surface area contributed by atoms with Crippen molar-refractivity contribution < 1.29 is 5.11 Å². The average molecular weight is 272 g/mol. The standard InChI is InChI=1S/C11H11Cl2N3O/c1-16-11(14-6-15-16)5-10(17)8-4-7(12)2-3-9(8)13/h2-4,6,10,17H,5H2,1H3. The van der Waals surface area contributed by atoms with Crippen LogP contribution in [0.5, 0.6) is 0 Å². The molecule has 2 aromatic rings. The van der Waals surface area contributed by atoms with Crippen molar-refractivity contribution in [3.8, 4) is 0 Å². The third kappa shape index (κ3) is 2.77. The zero-order valence-electron chi connectivity index (χ0n) is 9.14. The van der Waals surface area contributed by atoms with E-state index in [0.29, 0.717) is 27.9 Å². The summed E-state index contributed by atoms with van der Waals surface area (Å²) in [4.78, 5) is 4.05. The summed E-state index contributed by atoms with van der Waals surface area (Å²) in [5.41, 5.74) is 0.599. The Bertz CT molecular complexity index is 527. The maximum atomic E-state index is 10.1. The molecule has 0 fully saturated rings. The van der Waals surface area contributed by atoms with E-state index in [2.05, 4.69) is 10.1 Å². The summed E-state index contributed by atoms with van der Waals surface area (Å²) in [6, 6.07) is 5.01. The van der Waals surface area contributed by atoms with Gasteiger partial charge in [0.05, 0.1) is 6.10 Å². The molecule has 0 radical (unpaired) electrons. The lowest BCUT2D eigenvalue weighted by Crippen LogP contribution is -2.08. The van der Waals surface area contributed by atoms with E-state index in [0.717, 1.165) is 0 Å². The Labute approximate surface area is 109 Å². The Balaban J connectivity index is 2.23. The van der Waals surface area contributed by atoms with E-state index in [-0.39, 0.29) is 0 Å². The topological polar surface area (TPSA) is 50.9 Å². The van der Waals surface area contributed by atoms with Crippen LogP contribution in [-0.4, -0.2) is 19.9 Å². The first-order valence-electron chi connectivity index (χ1n) is 5.04. The summed E-state index contributed by atoms with van der Waals surface area (Å²) in [6.07, 6.45) is 1.04. The number of benzene rings is 1. The zero-order valence-corrected chi connectivity index (χ0v) is 10.7. The van der Waals surface area contributed by atoms with Gasteiger partial charge in [0, 0.05) is 29.1 Å². The van der Waals surface area contributed by atoms with E-state index in [1.54, 1.807) is 29.9 Å². The number of halogens is 2. The molecule has 1 atom stereocenters. The molecule has 1 unspecified atom stereocenters. The minimum Gasteiger partial charge on any atom is -0.388 e. The van der Waals surface area contributed by atoms with Gasteiger partial charge in [-0.15, -0.1) is 0 Å². The summed E-state index contributed by atoms with van der Waals surface area (Å²) < 4.78 is 1.61. The smallest absolute Gasteiger partial charge is 0.138 e. The van der Waals surface area contributed by atoms with Crippen molar-refractivity contribution in [3.63, 3.8) is 0 Å². The lowest BCUT2D eigenvalue weighted by Gasteiger charge is -2.12. The van der Waals surface area contributed by atoms with Crippen LogP contribution in [0.15, 0.2) is 24.5 Å². The molecule has 1 aromatic carbocycles. The summed E-state index contributed by atoms with van der Waals surface area (Å²) in [7, 11) is 1.77. The van der Waals surface area contributed by atoms with Gasteiger partial charge < -0.3 is 5.11 Å². The highest BCUT2D eigenvalue weighted by molar-refractivity contribution is 6.33. The number of rotatable bonds is 3. The lowest BCUT2D eigenvalue weighted by molar-refractivity contribution is 0.174. The second-order valence-corrected chi connectivity index (χ2v) is 4.53. The first kappa shape index (κ1) is 12.4. The van der Waals surface area contributed by atoms with Crippen molar-refractivity contribution in [1.29, 1.82) is 0 Å². The third-order valence-corrected chi connectivity index (χ3v) is 3.08. The van der Waals surface area contributed by atoms with Crippen molar-refractivity contribution in [2.24, 2.45) is 7.05 Å². The first-order chi connectivity index (χ1) is 8.08. The number of aliphatic hydroxyl groups is 1. The maximum absolute atomic E-state index is 10.1. The van der Waals surface area contributed by atoms with Gasteiger partial charge >= 0.3 is 0 Å². The van der Waals surface area contributed by atoms with E-state index < -0.39 is 6.10 Å². The Morgan fingerprint density at radius 2 is 2.18 bits per heavy atom. The van der Waals surface area contributed by atoms with Crippen molar-refractivity contribution in [1.82, 2.24) is 14.8 Å². The van der Waals surface area contributed by atoms with E-state index >= 15 is 0 Å². The Morgan fingerprint density at radius 1 is 1.41 bits per heavy atom. The molecule has 17 heavy (non-hydrogen) atoms. The van der Waals surface area contributed by atoms with Gasteiger partial charge in [0.25, 0.3) is 0 Å². The van der Waals surface area contributed by atoms with Crippen LogP contribution in [0.3, 0.4) is 0 Å². The van der Waals surface area contributed by atoms with Crippen molar-refractivity contribution in [2.75, 3.05) is 0 Å². The van der Waals surface area contributed by atoms with Gasteiger partial charge in [0.2, 0.25) is 0 Å². The lowest BCUT2D eigenvalue weighted by atomic mass is 10.1.